The van der Waals surface area contributed by atoms with Crippen LogP contribution < -0.4 is 10.1 Å². The Hall–Kier alpha value is -1.79. The molecule has 6 nitrogen and oxygen atoms in total. The number of anilines is 1. The molecule has 94 valence electrons. The maximum absolute atomic E-state index is 11.9. The molecule has 0 saturated carbocycles. The molecule has 0 saturated heterocycles. The van der Waals surface area contributed by atoms with Crippen LogP contribution in [0.3, 0.4) is 0 Å². The van der Waals surface area contributed by atoms with Crippen LogP contribution in [0.5, 0.6) is 6.01 Å². The molecular formula is C10H8Cl2N4O2. The number of halogens is 2. The van der Waals surface area contributed by atoms with Gasteiger partial charge in [-0.1, -0.05) is 23.2 Å². The maximum atomic E-state index is 11.9. The lowest BCUT2D eigenvalue weighted by Gasteiger charge is -2.04. The fraction of sp³-hybridized carbons (Fsp3) is 0.100. The van der Waals surface area contributed by atoms with Crippen molar-refractivity contribution in [2.24, 2.45) is 0 Å². The lowest BCUT2D eigenvalue weighted by molar-refractivity contribution is 0.102. The smallest absolute Gasteiger partial charge is 0.336 e. The summed E-state index contributed by atoms with van der Waals surface area (Å²) in [5.41, 5.74) is 0.250. The summed E-state index contributed by atoms with van der Waals surface area (Å²) in [5.74, 6) is -0.283. The summed E-state index contributed by atoms with van der Waals surface area (Å²) in [5, 5.41) is 9.39. The molecule has 2 aromatic rings. The molecular weight excluding hydrogens is 279 g/mol. The van der Waals surface area contributed by atoms with Crippen molar-refractivity contribution in [2.75, 3.05) is 12.4 Å². The third-order valence-electron chi connectivity index (χ3n) is 2.05. The van der Waals surface area contributed by atoms with E-state index in [0.717, 1.165) is 0 Å². The van der Waals surface area contributed by atoms with Crippen LogP contribution in [0.25, 0.3) is 0 Å². The number of nitrogens with one attached hydrogen (secondary N) is 2. The van der Waals surface area contributed by atoms with Crippen LogP contribution in [0.1, 0.15) is 10.4 Å². The van der Waals surface area contributed by atoms with Crippen molar-refractivity contribution in [3.05, 3.63) is 33.8 Å². The zero-order valence-electron chi connectivity index (χ0n) is 9.20. The highest BCUT2D eigenvalue weighted by Gasteiger charge is 2.13. The van der Waals surface area contributed by atoms with E-state index in [-0.39, 0.29) is 17.5 Å². The number of H-pyrrole nitrogens is 1. The average molecular weight is 287 g/mol. The predicted molar refractivity (Wildman–Crippen MR) is 67.3 cm³/mol. The topological polar surface area (TPSA) is 79.9 Å². The van der Waals surface area contributed by atoms with Gasteiger partial charge in [0.25, 0.3) is 5.91 Å². The molecule has 2 rings (SSSR count). The van der Waals surface area contributed by atoms with Gasteiger partial charge in [-0.2, -0.15) is 4.98 Å². The van der Waals surface area contributed by atoms with Crippen LogP contribution in [0, 0.1) is 0 Å². The maximum Gasteiger partial charge on any atom is 0.336 e. The number of ether oxygens (including phenoxy) is 1. The Kier molecular flexibility index (Phi) is 3.69. The van der Waals surface area contributed by atoms with E-state index in [0.29, 0.717) is 10.0 Å². The van der Waals surface area contributed by atoms with Crippen LogP contribution in [0.4, 0.5) is 5.95 Å². The fourth-order valence-corrected chi connectivity index (χ4v) is 1.62. The van der Waals surface area contributed by atoms with E-state index in [2.05, 4.69) is 20.5 Å². The molecule has 0 bridgehead atoms. The molecule has 0 fully saturated rings. The molecule has 0 unspecified atom stereocenters. The lowest BCUT2D eigenvalue weighted by atomic mass is 10.2. The largest absolute Gasteiger partial charge is 0.466 e. The first-order chi connectivity index (χ1) is 8.60. The van der Waals surface area contributed by atoms with E-state index in [4.69, 9.17) is 27.9 Å². The first-order valence-electron chi connectivity index (χ1n) is 4.83. The van der Waals surface area contributed by atoms with E-state index in [1.54, 1.807) is 12.1 Å². The summed E-state index contributed by atoms with van der Waals surface area (Å²) >= 11 is 11.7. The van der Waals surface area contributed by atoms with E-state index in [1.807, 2.05) is 0 Å². The number of aromatic nitrogens is 3. The van der Waals surface area contributed by atoms with Gasteiger partial charge in [0.1, 0.15) is 0 Å². The Morgan fingerprint density at radius 3 is 2.89 bits per heavy atom. The number of carbonyl (C=O) groups is 1. The fourth-order valence-electron chi connectivity index (χ4n) is 1.24. The van der Waals surface area contributed by atoms with Crippen molar-refractivity contribution >= 4 is 35.1 Å². The molecule has 0 atom stereocenters. The van der Waals surface area contributed by atoms with E-state index < -0.39 is 5.91 Å². The monoisotopic (exact) mass is 286 g/mol. The van der Waals surface area contributed by atoms with Crippen molar-refractivity contribution in [2.45, 2.75) is 0 Å². The zero-order chi connectivity index (χ0) is 13.1. The van der Waals surface area contributed by atoms with Crippen LogP contribution >= 0.6 is 23.2 Å². The molecule has 2 N–H and O–H groups in total. The third-order valence-corrected chi connectivity index (χ3v) is 2.62. The van der Waals surface area contributed by atoms with Gasteiger partial charge in [-0.05, 0) is 18.2 Å². The minimum absolute atomic E-state index is 0.127. The molecule has 18 heavy (non-hydrogen) atoms. The van der Waals surface area contributed by atoms with Crippen LogP contribution in [0.15, 0.2) is 18.2 Å². The van der Waals surface area contributed by atoms with Crippen molar-refractivity contribution in [3.63, 3.8) is 0 Å². The van der Waals surface area contributed by atoms with Crippen molar-refractivity contribution in [1.29, 1.82) is 0 Å². The number of hydrogen-bond donors (Lipinski definition) is 2. The predicted octanol–water partition coefficient (Wildman–Crippen LogP) is 2.37. The van der Waals surface area contributed by atoms with Crippen LogP contribution in [-0.2, 0) is 0 Å². The van der Waals surface area contributed by atoms with Crippen LogP contribution in [-0.4, -0.2) is 28.2 Å². The quantitative estimate of drug-likeness (QED) is 0.908. The van der Waals surface area contributed by atoms with Crippen molar-refractivity contribution < 1.29 is 9.53 Å². The normalized spacial score (nSPS) is 10.2. The summed E-state index contributed by atoms with van der Waals surface area (Å²) in [6, 6.07) is 4.73. The summed E-state index contributed by atoms with van der Waals surface area (Å²) in [4.78, 5) is 15.8. The standard InChI is InChI=1S/C10H8Cl2N4O2/c1-18-10-14-9(15-16-10)13-8(17)6-4-5(11)2-3-7(6)12/h2-4H,1H3,(H2,13,14,15,16,17). The number of aromatic amines is 1. The van der Waals surface area contributed by atoms with Gasteiger partial charge in [0.2, 0.25) is 5.95 Å². The molecule has 8 heteroatoms. The molecule has 1 aromatic heterocycles. The van der Waals surface area contributed by atoms with Crippen molar-refractivity contribution in [1.82, 2.24) is 15.2 Å². The average Bonchev–Trinajstić information content (AvgIpc) is 2.80. The number of methoxy groups -OCH3 is 1. The number of amides is 1. The molecule has 0 radical (unpaired) electrons. The molecule has 1 amide bonds. The summed E-state index contributed by atoms with van der Waals surface area (Å²) < 4.78 is 4.77. The van der Waals surface area contributed by atoms with Gasteiger partial charge in [0.05, 0.1) is 17.7 Å². The second-order valence-electron chi connectivity index (χ2n) is 3.25. The van der Waals surface area contributed by atoms with Crippen LogP contribution in [0.2, 0.25) is 10.0 Å². The van der Waals surface area contributed by atoms with Gasteiger partial charge in [-0.3, -0.25) is 10.1 Å². The number of nitrogens with zero attached hydrogens (tertiary/aromatic N) is 2. The molecule has 0 spiro atoms. The SMILES string of the molecule is COc1n[nH]c(NC(=O)c2cc(Cl)ccc2Cl)n1. The summed E-state index contributed by atoms with van der Waals surface area (Å²) in [6.45, 7) is 0. The molecule has 0 aliphatic carbocycles. The molecule has 1 heterocycles. The zero-order valence-corrected chi connectivity index (χ0v) is 10.7. The van der Waals surface area contributed by atoms with E-state index >= 15 is 0 Å². The van der Waals surface area contributed by atoms with Gasteiger partial charge in [-0.25, -0.2) is 5.10 Å². The summed E-state index contributed by atoms with van der Waals surface area (Å²) in [6.07, 6.45) is 0. The number of carbonyl (C=O) groups excluding carboxylic acids is 1. The first-order valence-corrected chi connectivity index (χ1v) is 5.58. The van der Waals surface area contributed by atoms with Gasteiger partial charge < -0.3 is 4.74 Å². The Morgan fingerprint density at radius 2 is 2.22 bits per heavy atom. The highest BCUT2D eigenvalue weighted by molar-refractivity contribution is 6.36. The Labute approximate surface area is 112 Å². The van der Waals surface area contributed by atoms with Gasteiger partial charge >= 0.3 is 6.01 Å². The number of rotatable bonds is 3. The number of hydrogen-bond acceptors (Lipinski definition) is 4. The summed E-state index contributed by atoms with van der Waals surface area (Å²) in [7, 11) is 1.42. The molecule has 0 aliphatic heterocycles. The van der Waals surface area contributed by atoms with E-state index in [9.17, 15) is 4.79 Å². The number of benzene rings is 1. The second kappa shape index (κ2) is 5.24. The van der Waals surface area contributed by atoms with Gasteiger partial charge in [0.15, 0.2) is 0 Å². The van der Waals surface area contributed by atoms with E-state index in [1.165, 1.54) is 13.2 Å². The molecule has 0 aliphatic rings. The molecule has 1 aromatic carbocycles. The van der Waals surface area contributed by atoms with Crippen molar-refractivity contribution in [3.8, 4) is 6.01 Å². The van der Waals surface area contributed by atoms with Gasteiger partial charge in [0, 0.05) is 5.02 Å². The Bertz CT molecular complexity index is 585. The van der Waals surface area contributed by atoms with Gasteiger partial charge in [-0.15, -0.1) is 5.10 Å². The highest BCUT2D eigenvalue weighted by atomic mass is 35.5. The first kappa shape index (κ1) is 12.7. The minimum atomic E-state index is -0.443. The lowest BCUT2D eigenvalue weighted by Crippen LogP contribution is -2.13. The Balaban J connectivity index is 2.19. The highest BCUT2D eigenvalue weighted by Crippen LogP contribution is 2.21. The third kappa shape index (κ3) is 2.72. The Morgan fingerprint density at radius 1 is 1.44 bits per heavy atom. The minimum Gasteiger partial charge on any atom is -0.466 e. The second-order valence-corrected chi connectivity index (χ2v) is 4.09.